The van der Waals surface area contributed by atoms with E-state index < -0.39 is 0 Å². The summed E-state index contributed by atoms with van der Waals surface area (Å²) in [5, 5.41) is 3.52. The molecule has 0 saturated carbocycles. The fourth-order valence-corrected chi connectivity index (χ4v) is 2.96. The number of rotatable bonds is 7. The van der Waals surface area contributed by atoms with E-state index in [9.17, 15) is 0 Å². The number of hydrogen-bond acceptors (Lipinski definition) is 3. The lowest BCUT2D eigenvalue weighted by molar-refractivity contribution is 0.164. The third kappa shape index (κ3) is 6.15. The van der Waals surface area contributed by atoms with Gasteiger partial charge in [0.25, 0.3) is 0 Å². The van der Waals surface area contributed by atoms with Crippen LogP contribution in [0.25, 0.3) is 0 Å². The molecule has 22 heavy (non-hydrogen) atoms. The number of piperidine rings is 1. The molecule has 0 amide bonds. The Hall–Kier alpha value is -0.770. The second-order valence-corrected chi connectivity index (χ2v) is 6.31. The first kappa shape index (κ1) is 19.3. The molecule has 1 aromatic carbocycles. The average Bonchev–Trinajstić information content (AvgIpc) is 2.50. The summed E-state index contributed by atoms with van der Waals surface area (Å²) >= 11 is 0. The highest BCUT2D eigenvalue weighted by Gasteiger charge is 2.19. The summed E-state index contributed by atoms with van der Waals surface area (Å²) in [6, 6.07) is 9.14. The molecule has 1 atom stereocenters. The monoisotopic (exact) mass is 326 g/mol. The topological polar surface area (TPSA) is 24.5 Å². The van der Waals surface area contributed by atoms with E-state index in [0.717, 1.165) is 24.8 Å². The van der Waals surface area contributed by atoms with Crippen molar-refractivity contribution in [3.63, 3.8) is 0 Å². The van der Waals surface area contributed by atoms with Crippen LogP contribution in [0.4, 0.5) is 0 Å². The van der Waals surface area contributed by atoms with E-state index >= 15 is 0 Å². The second kappa shape index (κ2) is 10.1. The van der Waals surface area contributed by atoms with Gasteiger partial charge in [0, 0.05) is 19.1 Å². The van der Waals surface area contributed by atoms with Crippen LogP contribution in [0.15, 0.2) is 24.3 Å². The molecular formula is C18H31ClN2O. The van der Waals surface area contributed by atoms with Crippen molar-refractivity contribution in [2.75, 3.05) is 26.2 Å². The number of nitrogens with one attached hydrogen (secondary N) is 1. The zero-order valence-corrected chi connectivity index (χ0v) is 15.0. The zero-order valence-electron chi connectivity index (χ0n) is 14.2. The molecule has 0 aliphatic carbocycles. The van der Waals surface area contributed by atoms with Gasteiger partial charge < -0.3 is 10.1 Å². The minimum absolute atomic E-state index is 0. The first-order valence-electron chi connectivity index (χ1n) is 8.35. The van der Waals surface area contributed by atoms with Crippen molar-refractivity contribution in [2.24, 2.45) is 5.92 Å². The van der Waals surface area contributed by atoms with Gasteiger partial charge in [-0.15, -0.1) is 12.4 Å². The summed E-state index contributed by atoms with van der Waals surface area (Å²) in [6.07, 6.45) is 2.68. The van der Waals surface area contributed by atoms with E-state index in [1.165, 1.54) is 38.0 Å². The Morgan fingerprint density at radius 1 is 1.27 bits per heavy atom. The predicted molar refractivity (Wildman–Crippen MR) is 96.0 cm³/mol. The van der Waals surface area contributed by atoms with Crippen LogP contribution in [0, 0.1) is 5.92 Å². The van der Waals surface area contributed by atoms with Gasteiger partial charge in [0.1, 0.15) is 5.75 Å². The molecule has 126 valence electrons. The maximum Gasteiger partial charge on any atom is 0.119 e. The summed E-state index contributed by atoms with van der Waals surface area (Å²) in [5.74, 6) is 1.76. The molecule has 1 aliphatic rings. The summed E-state index contributed by atoms with van der Waals surface area (Å²) in [6.45, 7) is 11.9. The largest absolute Gasteiger partial charge is 0.494 e. The van der Waals surface area contributed by atoms with Crippen LogP contribution >= 0.6 is 12.4 Å². The Labute approximate surface area is 141 Å². The number of benzene rings is 1. The Balaban J connectivity index is 0.00000242. The van der Waals surface area contributed by atoms with Crippen molar-refractivity contribution < 1.29 is 4.74 Å². The van der Waals surface area contributed by atoms with Crippen LogP contribution in [0.5, 0.6) is 5.75 Å². The fraction of sp³-hybridized carbons (Fsp3) is 0.667. The first-order valence-corrected chi connectivity index (χ1v) is 8.35. The van der Waals surface area contributed by atoms with Crippen molar-refractivity contribution in [3.8, 4) is 5.75 Å². The Bertz CT molecular complexity index is 402. The van der Waals surface area contributed by atoms with Crippen LogP contribution in [0.1, 0.15) is 39.2 Å². The standard InChI is InChI=1S/C18H30N2O.ClH/c1-4-21-18-9-7-16(8-10-18)13-20(15(2)3)14-17-6-5-11-19-12-17;/h7-10,15,17,19H,4-6,11-14H2,1-3H3;1H. The SMILES string of the molecule is CCOc1ccc(CN(CC2CCCNC2)C(C)C)cc1.Cl. The lowest BCUT2D eigenvalue weighted by atomic mass is 9.98. The van der Waals surface area contributed by atoms with Gasteiger partial charge >= 0.3 is 0 Å². The maximum atomic E-state index is 5.51. The van der Waals surface area contributed by atoms with E-state index in [4.69, 9.17) is 4.74 Å². The molecule has 1 saturated heterocycles. The minimum Gasteiger partial charge on any atom is -0.494 e. The Morgan fingerprint density at radius 3 is 2.55 bits per heavy atom. The Morgan fingerprint density at radius 2 is 2.00 bits per heavy atom. The van der Waals surface area contributed by atoms with Crippen molar-refractivity contribution >= 4 is 12.4 Å². The molecule has 2 rings (SSSR count). The highest BCUT2D eigenvalue weighted by Crippen LogP contribution is 2.18. The van der Waals surface area contributed by atoms with Crippen LogP contribution in [-0.2, 0) is 6.54 Å². The third-order valence-corrected chi connectivity index (χ3v) is 4.24. The normalized spacial score (nSPS) is 18.3. The number of halogens is 1. The fourth-order valence-electron chi connectivity index (χ4n) is 2.96. The van der Waals surface area contributed by atoms with Crippen LogP contribution in [0.3, 0.4) is 0 Å². The molecule has 0 bridgehead atoms. The molecule has 3 nitrogen and oxygen atoms in total. The van der Waals surface area contributed by atoms with E-state index in [0.29, 0.717) is 6.04 Å². The van der Waals surface area contributed by atoms with E-state index in [2.05, 4.69) is 48.3 Å². The van der Waals surface area contributed by atoms with E-state index in [-0.39, 0.29) is 12.4 Å². The predicted octanol–water partition coefficient (Wildman–Crippen LogP) is 3.72. The summed E-state index contributed by atoms with van der Waals surface area (Å²) < 4.78 is 5.51. The molecule has 1 aromatic rings. The maximum absolute atomic E-state index is 5.51. The van der Waals surface area contributed by atoms with Gasteiger partial charge in [0.2, 0.25) is 0 Å². The quantitative estimate of drug-likeness (QED) is 0.826. The van der Waals surface area contributed by atoms with Gasteiger partial charge in [-0.05, 0) is 70.3 Å². The number of nitrogens with zero attached hydrogens (tertiary/aromatic N) is 1. The molecule has 1 fully saturated rings. The summed E-state index contributed by atoms with van der Waals surface area (Å²) in [5.41, 5.74) is 1.37. The molecule has 4 heteroatoms. The van der Waals surface area contributed by atoms with Gasteiger partial charge in [-0.25, -0.2) is 0 Å². The third-order valence-electron chi connectivity index (χ3n) is 4.24. The average molecular weight is 327 g/mol. The van der Waals surface area contributed by atoms with Crippen molar-refractivity contribution in [1.29, 1.82) is 0 Å². The van der Waals surface area contributed by atoms with E-state index in [1.54, 1.807) is 0 Å². The van der Waals surface area contributed by atoms with Gasteiger partial charge in [0.05, 0.1) is 6.61 Å². The lowest BCUT2D eigenvalue weighted by Crippen LogP contribution is -2.40. The Kier molecular flexibility index (Phi) is 8.84. The van der Waals surface area contributed by atoms with Gasteiger partial charge in [-0.2, -0.15) is 0 Å². The van der Waals surface area contributed by atoms with Crippen molar-refractivity contribution in [3.05, 3.63) is 29.8 Å². The smallest absolute Gasteiger partial charge is 0.119 e. The van der Waals surface area contributed by atoms with Gasteiger partial charge in [-0.3, -0.25) is 4.90 Å². The highest BCUT2D eigenvalue weighted by molar-refractivity contribution is 5.85. The van der Waals surface area contributed by atoms with Crippen LogP contribution < -0.4 is 10.1 Å². The first-order chi connectivity index (χ1) is 10.2. The summed E-state index contributed by atoms with van der Waals surface area (Å²) in [4.78, 5) is 2.59. The van der Waals surface area contributed by atoms with Crippen molar-refractivity contribution in [2.45, 2.75) is 46.2 Å². The molecule has 1 unspecified atom stereocenters. The molecule has 0 aromatic heterocycles. The summed E-state index contributed by atoms with van der Waals surface area (Å²) in [7, 11) is 0. The minimum atomic E-state index is 0. The second-order valence-electron chi connectivity index (χ2n) is 6.31. The number of hydrogen-bond donors (Lipinski definition) is 1. The molecule has 1 N–H and O–H groups in total. The van der Waals surface area contributed by atoms with Gasteiger partial charge in [0.15, 0.2) is 0 Å². The highest BCUT2D eigenvalue weighted by atomic mass is 35.5. The lowest BCUT2D eigenvalue weighted by Gasteiger charge is -2.32. The molecule has 0 spiro atoms. The molecular weight excluding hydrogens is 296 g/mol. The molecule has 0 radical (unpaired) electrons. The van der Waals surface area contributed by atoms with E-state index in [1.807, 2.05) is 6.92 Å². The molecule has 1 heterocycles. The number of ether oxygens (including phenoxy) is 1. The van der Waals surface area contributed by atoms with Crippen LogP contribution in [-0.4, -0.2) is 37.2 Å². The zero-order chi connectivity index (χ0) is 15.1. The molecule has 1 aliphatic heterocycles. The van der Waals surface area contributed by atoms with Crippen LogP contribution in [0.2, 0.25) is 0 Å². The van der Waals surface area contributed by atoms with Crippen molar-refractivity contribution in [1.82, 2.24) is 10.2 Å². The van der Waals surface area contributed by atoms with Gasteiger partial charge in [-0.1, -0.05) is 12.1 Å².